The van der Waals surface area contributed by atoms with Crippen LogP contribution in [0.2, 0.25) is 0 Å². The first-order valence-electron chi connectivity index (χ1n) is 8.17. The van der Waals surface area contributed by atoms with Crippen molar-refractivity contribution in [3.63, 3.8) is 0 Å². The monoisotopic (exact) mass is 305 g/mol. The summed E-state index contributed by atoms with van der Waals surface area (Å²) in [5.74, 6) is 2.49. The summed E-state index contributed by atoms with van der Waals surface area (Å²) < 4.78 is 11.2. The third-order valence-electron chi connectivity index (χ3n) is 4.12. The molecule has 1 aliphatic rings. The molecular formula is C18H27NO3. The Morgan fingerprint density at radius 2 is 2.09 bits per heavy atom. The van der Waals surface area contributed by atoms with Gasteiger partial charge in [-0.25, -0.2) is 0 Å². The number of nitrogens with one attached hydrogen (secondary N) is 1. The summed E-state index contributed by atoms with van der Waals surface area (Å²) in [6, 6.07) is 5.84. The summed E-state index contributed by atoms with van der Waals surface area (Å²) in [4.78, 5) is 11.9. The van der Waals surface area contributed by atoms with Gasteiger partial charge in [0.05, 0.1) is 13.7 Å². The fourth-order valence-corrected chi connectivity index (χ4v) is 2.35. The maximum Gasteiger partial charge on any atom is 0.223 e. The standard InChI is InChI=1S/C18H27NO3/c1-13(2)9-10-22-16-8-7-14(11-17(16)21-3)12-19-18(20)15-5-4-6-15/h7-8,11,13,15H,4-6,9-10,12H2,1-3H3,(H,19,20). The van der Waals surface area contributed by atoms with Crippen LogP contribution in [-0.4, -0.2) is 19.6 Å². The molecule has 1 amide bonds. The fraction of sp³-hybridized carbons (Fsp3) is 0.611. The highest BCUT2D eigenvalue weighted by Gasteiger charge is 2.24. The van der Waals surface area contributed by atoms with Gasteiger partial charge in [0.2, 0.25) is 5.91 Å². The Kier molecular flexibility index (Phi) is 6.10. The van der Waals surface area contributed by atoms with Gasteiger partial charge in [0, 0.05) is 12.5 Å². The molecule has 22 heavy (non-hydrogen) atoms. The second-order valence-corrected chi connectivity index (χ2v) is 6.36. The Balaban J connectivity index is 1.88. The molecule has 1 aliphatic carbocycles. The van der Waals surface area contributed by atoms with E-state index in [0.717, 1.165) is 36.3 Å². The van der Waals surface area contributed by atoms with E-state index in [1.165, 1.54) is 6.42 Å². The number of carbonyl (C=O) groups is 1. The molecule has 0 saturated heterocycles. The molecule has 1 N–H and O–H groups in total. The van der Waals surface area contributed by atoms with Crippen molar-refractivity contribution >= 4 is 5.91 Å². The van der Waals surface area contributed by atoms with E-state index in [9.17, 15) is 4.79 Å². The van der Waals surface area contributed by atoms with Crippen molar-refractivity contribution in [2.45, 2.75) is 46.1 Å². The van der Waals surface area contributed by atoms with Crippen LogP contribution in [0.15, 0.2) is 18.2 Å². The van der Waals surface area contributed by atoms with Crippen LogP contribution in [0.3, 0.4) is 0 Å². The van der Waals surface area contributed by atoms with Gasteiger partial charge in [0.25, 0.3) is 0 Å². The predicted molar refractivity (Wildman–Crippen MR) is 87.1 cm³/mol. The van der Waals surface area contributed by atoms with Crippen molar-refractivity contribution in [1.29, 1.82) is 0 Å². The molecule has 0 unspecified atom stereocenters. The summed E-state index contributed by atoms with van der Waals surface area (Å²) >= 11 is 0. The normalized spacial score (nSPS) is 14.5. The summed E-state index contributed by atoms with van der Waals surface area (Å²) in [7, 11) is 1.64. The van der Waals surface area contributed by atoms with Gasteiger partial charge in [-0.15, -0.1) is 0 Å². The third-order valence-corrected chi connectivity index (χ3v) is 4.12. The Morgan fingerprint density at radius 1 is 1.32 bits per heavy atom. The molecule has 1 aromatic rings. The van der Waals surface area contributed by atoms with Gasteiger partial charge in [-0.05, 0) is 42.9 Å². The lowest BCUT2D eigenvalue weighted by Gasteiger charge is -2.24. The molecule has 1 saturated carbocycles. The van der Waals surface area contributed by atoms with Crippen molar-refractivity contribution < 1.29 is 14.3 Å². The average Bonchev–Trinajstić information content (AvgIpc) is 2.43. The Morgan fingerprint density at radius 3 is 2.68 bits per heavy atom. The molecule has 4 heteroatoms. The number of methoxy groups -OCH3 is 1. The van der Waals surface area contributed by atoms with Gasteiger partial charge < -0.3 is 14.8 Å². The first-order valence-corrected chi connectivity index (χ1v) is 8.17. The van der Waals surface area contributed by atoms with Crippen LogP contribution in [-0.2, 0) is 11.3 Å². The van der Waals surface area contributed by atoms with Gasteiger partial charge in [0.15, 0.2) is 11.5 Å². The van der Waals surface area contributed by atoms with Crippen molar-refractivity contribution in [2.24, 2.45) is 11.8 Å². The summed E-state index contributed by atoms with van der Waals surface area (Å²) in [6.07, 6.45) is 4.24. The highest BCUT2D eigenvalue weighted by Crippen LogP contribution is 2.29. The number of hydrogen-bond acceptors (Lipinski definition) is 3. The second-order valence-electron chi connectivity index (χ2n) is 6.36. The highest BCUT2D eigenvalue weighted by atomic mass is 16.5. The maximum absolute atomic E-state index is 11.9. The van der Waals surface area contributed by atoms with E-state index in [0.29, 0.717) is 19.1 Å². The quantitative estimate of drug-likeness (QED) is 0.799. The molecule has 0 spiro atoms. The van der Waals surface area contributed by atoms with E-state index in [1.807, 2.05) is 18.2 Å². The van der Waals surface area contributed by atoms with E-state index < -0.39 is 0 Å². The van der Waals surface area contributed by atoms with Crippen LogP contribution in [0, 0.1) is 11.8 Å². The molecule has 0 aliphatic heterocycles. The first-order chi connectivity index (χ1) is 10.6. The molecule has 0 bridgehead atoms. The average molecular weight is 305 g/mol. The van der Waals surface area contributed by atoms with Crippen molar-refractivity contribution in [3.05, 3.63) is 23.8 Å². The Labute approximate surface area is 133 Å². The minimum Gasteiger partial charge on any atom is -0.493 e. The topological polar surface area (TPSA) is 47.6 Å². The van der Waals surface area contributed by atoms with Gasteiger partial charge >= 0.3 is 0 Å². The lowest BCUT2D eigenvalue weighted by Crippen LogP contribution is -2.33. The van der Waals surface area contributed by atoms with Crippen molar-refractivity contribution in [1.82, 2.24) is 5.32 Å². The van der Waals surface area contributed by atoms with Gasteiger partial charge in [-0.3, -0.25) is 4.79 Å². The SMILES string of the molecule is COc1cc(CNC(=O)C2CCC2)ccc1OCCC(C)C. The summed E-state index contributed by atoms with van der Waals surface area (Å²) in [6.45, 7) is 5.58. The molecule has 1 fully saturated rings. The predicted octanol–water partition coefficient (Wildman–Crippen LogP) is 3.54. The lowest BCUT2D eigenvalue weighted by atomic mass is 9.85. The molecule has 0 atom stereocenters. The number of benzene rings is 1. The second kappa shape index (κ2) is 8.06. The number of carbonyl (C=O) groups excluding carboxylic acids is 1. The molecule has 0 aromatic heterocycles. The zero-order valence-corrected chi connectivity index (χ0v) is 13.9. The van der Waals surface area contributed by atoms with Crippen LogP contribution >= 0.6 is 0 Å². The van der Waals surface area contributed by atoms with Crippen LogP contribution in [0.1, 0.15) is 45.1 Å². The van der Waals surface area contributed by atoms with Crippen molar-refractivity contribution in [2.75, 3.05) is 13.7 Å². The van der Waals surface area contributed by atoms with E-state index in [-0.39, 0.29) is 11.8 Å². The number of ether oxygens (including phenoxy) is 2. The zero-order chi connectivity index (χ0) is 15.9. The smallest absolute Gasteiger partial charge is 0.223 e. The minimum atomic E-state index is 0.169. The van der Waals surface area contributed by atoms with E-state index >= 15 is 0 Å². The summed E-state index contributed by atoms with van der Waals surface area (Å²) in [5, 5.41) is 2.99. The molecule has 0 heterocycles. The molecule has 122 valence electrons. The van der Waals surface area contributed by atoms with E-state index in [1.54, 1.807) is 7.11 Å². The molecule has 4 nitrogen and oxygen atoms in total. The number of amides is 1. The van der Waals surface area contributed by atoms with Crippen molar-refractivity contribution in [3.8, 4) is 11.5 Å². The molecule has 1 aromatic carbocycles. The van der Waals surface area contributed by atoms with Crippen LogP contribution in [0.5, 0.6) is 11.5 Å². The first kappa shape index (κ1) is 16.7. The third kappa shape index (κ3) is 4.65. The Bertz CT molecular complexity index is 495. The summed E-state index contributed by atoms with van der Waals surface area (Å²) in [5.41, 5.74) is 1.03. The molecular weight excluding hydrogens is 278 g/mol. The van der Waals surface area contributed by atoms with Crippen LogP contribution in [0.4, 0.5) is 0 Å². The Hall–Kier alpha value is -1.71. The molecule has 0 radical (unpaired) electrons. The van der Waals surface area contributed by atoms with Gasteiger partial charge in [-0.2, -0.15) is 0 Å². The van der Waals surface area contributed by atoms with Gasteiger partial charge in [-0.1, -0.05) is 26.3 Å². The number of hydrogen-bond donors (Lipinski definition) is 1. The largest absolute Gasteiger partial charge is 0.493 e. The van der Waals surface area contributed by atoms with E-state index in [2.05, 4.69) is 19.2 Å². The fourth-order valence-electron chi connectivity index (χ4n) is 2.35. The number of rotatable bonds is 8. The van der Waals surface area contributed by atoms with Crippen LogP contribution in [0.25, 0.3) is 0 Å². The van der Waals surface area contributed by atoms with Crippen LogP contribution < -0.4 is 14.8 Å². The van der Waals surface area contributed by atoms with Gasteiger partial charge in [0.1, 0.15) is 0 Å². The lowest BCUT2D eigenvalue weighted by molar-refractivity contribution is -0.127. The maximum atomic E-state index is 11.9. The zero-order valence-electron chi connectivity index (χ0n) is 13.9. The van der Waals surface area contributed by atoms with E-state index in [4.69, 9.17) is 9.47 Å². The molecule has 2 rings (SSSR count). The minimum absolute atomic E-state index is 0.169. The highest BCUT2D eigenvalue weighted by molar-refractivity contribution is 5.79.